The van der Waals surface area contributed by atoms with E-state index >= 15 is 0 Å². The van der Waals surface area contributed by atoms with Gasteiger partial charge in [-0.15, -0.1) is 0 Å². The van der Waals surface area contributed by atoms with Crippen LogP contribution >= 0.6 is 0 Å². The normalized spacial score (nSPS) is 29.8. The first-order chi connectivity index (χ1) is 9.75. The fourth-order valence-corrected chi connectivity index (χ4v) is 3.42. The molecular weight excluding hydrogens is 248 g/mol. The number of allylic oxidation sites excluding steroid dienone is 1. The Hall–Kier alpha value is -1.41. The summed E-state index contributed by atoms with van der Waals surface area (Å²) in [4.78, 5) is 12.3. The Morgan fingerprint density at radius 3 is 2.80 bits per heavy atom. The lowest BCUT2D eigenvalue weighted by Crippen LogP contribution is -2.33. The number of carbonyl (C=O) groups is 1. The van der Waals surface area contributed by atoms with Gasteiger partial charge < -0.3 is 4.74 Å². The zero-order chi connectivity index (χ0) is 13.9. The molecule has 3 rings (SSSR count). The van der Waals surface area contributed by atoms with Gasteiger partial charge in [-0.2, -0.15) is 0 Å². The van der Waals surface area contributed by atoms with Crippen LogP contribution in [0.1, 0.15) is 38.2 Å². The predicted molar refractivity (Wildman–Crippen MR) is 79.2 cm³/mol. The lowest BCUT2D eigenvalue weighted by Gasteiger charge is -2.31. The summed E-state index contributed by atoms with van der Waals surface area (Å²) in [6, 6.07) is 10.2. The Morgan fingerprint density at radius 1 is 1.20 bits per heavy atom. The quantitative estimate of drug-likeness (QED) is 0.778. The van der Waals surface area contributed by atoms with Crippen molar-refractivity contribution in [2.24, 2.45) is 11.8 Å². The highest BCUT2D eigenvalue weighted by atomic mass is 16.5. The number of fused-ring (bicyclic) bond motifs is 2. The second-order valence-corrected chi connectivity index (χ2v) is 6.01. The van der Waals surface area contributed by atoms with E-state index in [0.717, 1.165) is 19.3 Å². The minimum absolute atomic E-state index is 0.00829. The van der Waals surface area contributed by atoms with Crippen molar-refractivity contribution in [3.8, 4) is 0 Å². The second-order valence-electron chi connectivity index (χ2n) is 6.01. The molecule has 2 heteroatoms. The Kier molecular flexibility index (Phi) is 4.02. The van der Waals surface area contributed by atoms with Crippen molar-refractivity contribution in [1.82, 2.24) is 0 Å². The number of carbonyl (C=O) groups excluding carboxylic acids is 1. The van der Waals surface area contributed by atoms with Crippen LogP contribution < -0.4 is 0 Å². The summed E-state index contributed by atoms with van der Waals surface area (Å²) in [5.74, 6) is 0.965. The summed E-state index contributed by atoms with van der Waals surface area (Å²) in [7, 11) is 0. The maximum atomic E-state index is 12.3. The van der Waals surface area contributed by atoms with Crippen molar-refractivity contribution in [3.05, 3.63) is 47.5 Å². The van der Waals surface area contributed by atoms with E-state index in [1.807, 2.05) is 18.2 Å². The smallest absolute Gasteiger partial charge is 0.138 e. The van der Waals surface area contributed by atoms with Crippen LogP contribution in [0.5, 0.6) is 0 Å². The SMILES string of the molecule is C[C@@H]1CCC(=O)[C@@H]2CCC=C1[C@H]2OCc1ccccc1. The summed E-state index contributed by atoms with van der Waals surface area (Å²) < 4.78 is 6.17. The molecule has 3 atom stereocenters. The van der Waals surface area contributed by atoms with Gasteiger partial charge in [0.25, 0.3) is 0 Å². The van der Waals surface area contributed by atoms with Crippen LogP contribution in [0.15, 0.2) is 42.0 Å². The van der Waals surface area contributed by atoms with Crippen LogP contribution in [0.2, 0.25) is 0 Å². The summed E-state index contributed by atoms with van der Waals surface area (Å²) >= 11 is 0. The number of ether oxygens (including phenoxy) is 1. The predicted octanol–water partition coefficient (Wildman–Crippen LogP) is 3.91. The minimum Gasteiger partial charge on any atom is -0.368 e. The largest absolute Gasteiger partial charge is 0.368 e. The fraction of sp³-hybridized carbons (Fsp3) is 0.500. The fourth-order valence-electron chi connectivity index (χ4n) is 3.42. The van der Waals surface area contributed by atoms with Crippen molar-refractivity contribution in [2.75, 3.05) is 0 Å². The van der Waals surface area contributed by atoms with E-state index < -0.39 is 0 Å². The van der Waals surface area contributed by atoms with Crippen molar-refractivity contribution in [1.29, 1.82) is 0 Å². The third-order valence-corrected chi connectivity index (χ3v) is 4.63. The number of benzene rings is 1. The average molecular weight is 270 g/mol. The molecule has 1 saturated carbocycles. The molecule has 2 aliphatic carbocycles. The molecule has 2 aliphatic rings. The summed E-state index contributed by atoms with van der Waals surface area (Å²) in [5.41, 5.74) is 2.54. The summed E-state index contributed by atoms with van der Waals surface area (Å²) in [6.45, 7) is 2.82. The number of hydrogen-bond donors (Lipinski definition) is 0. The zero-order valence-corrected chi connectivity index (χ0v) is 12.0. The molecular formula is C18H22O2. The van der Waals surface area contributed by atoms with Crippen LogP contribution in [0.25, 0.3) is 0 Å². The molecule has 0 aliphatic heterocycles. The van der Waals surface area contributed by atoms with Gasteiger partial charge in [-0.05, 0) is 36.3 Å². The topological polar surface area (TPSA) is 26.3 Å². The molecule has 2 bridgehead atoms. The molecule has 0 spiro atoms. The lowest BCUT2D eigenvalue weighted by atomic mass is 9.81. The van der Waals surface area contributed by atoms with E-state index in [-0.39, 0.29) is 12.0 Å². The van der Waals surface area contributed by atoms with E-state index in [9.17, 15) is 4.79 Å². The van der Waals surface area contributed by atoms with Crippen LogP contribution in [-0.4, -0.2) is 11.9 Å². The lowest BCUT2D eigenvalue weighted by molar-refractivity contribution is -0.127. The van der Waals surface area contributed by atoms with Gasteiger partial charge >= 0.3 is 0 Å². The van der Waals surface area contributed by atoms with Crippen LogP contribution in [0.4, 0.5) is 0 Å². The molecule has 106 valence electrons. The molecule has 1 aromatic carbocycles. The summed E-state index contributed by atoms with van der Waals surface area (Å²) in [5, 5.41) is 0. The molecule has 0 amide bonds. The van der Waals surface area contributed by atoms with Crippen LogP contribution in [0.3, 0.4) is 0 Å². The van der Waals surface area contributed by atoms with E-state index in [0.29, 0.717) is 24.7 Å². The molecule has 0 radical (unpaired) electrons. The van der Waals surface area contributed by atoms with Crippen LogP contribution in [-0.2, 0) is 16.1 Å². The van der Waals surface area contributed by atoms with E-state index in [1.165, 1.54) is 11.1 Å². The third-order valence-electron chi connectivity index (χ3n) is 4.63. The minimum atomic E-state index is 0.00829. The highest BCUT2D eigenvalue weighted by Gasteiger charge is 2.38. The molecule has 1 fully saturated rings. The Balaban J connectivity index is 1.77. The van der Waals surface area contributed by atoms with Crippen molar-refractivity contribution in [3.63, 3.8) is 0 Å². The standard InChI is InChI=1S/C18H22O2/c1-13-10-11-17(19)16-9-5-8-15(13)18(16)20-12-14-6-3-2-4-7-14/h2-4,6-8,13,16,18H,5,9-12H2,1H3/t13-,16+,18-/m1/s1. The molecule has 1 aromatic rings. The van der Waals surface area contributed by atoms with Crippen LogP contribution in [0, 0.1) is 11.8 Å². The molecule has 0 unspecified atom stereocenters. The number of rotatable bonds is 3. The Morgan fingerprint density at radius 2 is 2.00 bits per heavy atom. The summed E-state index contributed by atoms with van der Waals surface area (Å²) in [6.07, 6.45) is 6.00. The monoisotopic (exact) mass is 270 g/mol. The van der Waals surface area contributed by atoms with Gasteiger partial charge in [-0.1, -0.05) is 43.3 Å². The molecule has 20 heavy (non-hydrogen) atoms. The molecule has 0 N–H and O–H groups in total. The Bertz CT molecular complexity index is 503. The second kappa shape index (κ2) is 5.92. The zero-order valence-electron chi connectivity index (χ0n) is 12.0. The molecule has 2 nitrogen and oxygen atoms in total. The van der Waals surface area contributed by atoms with Gasteiger partial charge in [0.05, 0.1) is 12.7 Å². The maximum absolute atomic E-state index is 12.3. The third kappa shape index (κ3) is 2.71. The van der Waals surface area contributed by atoms with Gasteiger partial charge in [-0.3, -0.25) is 4.79 Å². The van der Waals surface area contributed by atoms with Gasteiger partial charge in [0.2, 0.25) is 0 Å². The van der Waals surface area contributed by atoms with E-state index in [2.05, 4.69) is 25.1 Å². The van der Waals surface area contributed by atoms with E-state index in [1.54, 1.807) is 0 Å². The van der Waals surface area contributed by atoms with Gasteiger partial charge in [0.15, 0.2) is 0 Å². The average Bonchev–Trinajstić information content (AvgIpc) is 2.55. The van der Waals surface area contributed by atoms with Crippen molar-refractivity contribution in [2.45, 2.75) is 45.3 Å². The number of hydrogen-bond acceptors (Lipinski definition) is 2. The number of ketones is 1. The Labute approximate surface area is 120 Å². The van der Waals surface area contributed by atoms with Gasteiger partial charge in [0, 0.05) is 12.3 Å². The van der Waals surface area contributed by atoms with Gasteiger partial charge in [-0.25, -0.2) is 0 Å². The molecule has 0 saturated heterocycles. The first kappa shape index (κ1) is 13.6. The van der Waals surface area contributed by atoms with E-state index in [4.69, 9.17) is 4.74 Å². The first-order valence-electron chi connectivity index (χ1n) is 7.64. The highest BCUT2D eigenvalue weighted by Crippen LogP contribution is 2.38. The van der Waals surface area contributed by atoms with Crippen molar-refractivity contribution >= 4 is 5.78 Å². The highest BCUT2D eigenvalue weighted by molar-refractivity contribution is 5.83. The maximum Gasteiger partial charge on any atom is 0.138 e. The number of Topliss-reactive ketones (excluding diaryl/α,β-unsaturated/α-hetero) is 1. The van der Waals surface area contributed by atoms with Gasteiger partial charge in [0.1, 0.15) is 5.78 Å². The van der Waals surface area contributed by atoms with Crippen molar-refractivity contribution < 1.29 is 9.53 Å². The molecule has 0 heterocycles. The first-order valence-corrected chi connectivity index (χ1v) is 7.64. The molecule has 0 aromatic heterocycles.